The Morgan fingerprint density at radius 2 is 1.82 bits per heavy atom. The SMILES string of the molecule is O=C(OCc1ccccc1)N1CCN2c3ncc(Br)cc3N(S(=O)(=O)c3cccc(C(F)(F)F)c3)CC2C1. The first-order chi connectivity index (χ1) is 18.0. The average Bonchev–Trinajstić information content (AvgIpc) is 2.91. The van der Waals surface area contributed by atoms with Gasteiger partial charge in [-0.2, -0.15) is 13.2 Å². The van der Waals surface area contributed by atoms with Crippen LogP contribution in [0, 0.1) is 0 Å². The van der Waals surface area contributed by atoms with Crippen molar-refractivity contribution in [3.05, 3.63) is 82.5 Å². The quantitative estimate of drug-likeness (QED) is 0.418. The predicted molar refractivity (Wildman–Crippen MR) is 137 cm³/mol. The zero-order valence-corrected chi connectivity index (χ0v) is 22.2. The maximum Gasteiger partial charge on any atom is 0.416 e. The third kappa shape index (κ3) is 5.17. The zero-order valence-electron chi connectivity index (χ0n) is 19.8. The monoisotopic (exact) mass is 610 g/mol. The van der Waals surface area contributed by atoms with E-state index in [4.69, 9.17) is 4.74 Å². The van der Waals surface area contributed by atoms with Gasteiger partial charge >= 0.3 is 12.3 Å². The molecule has 2 aliphatic heterocycles. The molecule has 200 valence electrons. The lowest BCUT2D eigenvalue weighted by Crippen LogP contribution is -2.61. The summed E-state index contributed by atoms with van der Waals surface area (Å²) in [5.74, 6) is 0.373. The molecule has 38 heavy (non-hydrogen) atoms. The molecular weight excluding hydrogens is 589 g/mol. The normalized spacial score (nSPS) is 17.6. The summed E-state index contributed by atoms with van der Waals surface area (Å²) >= 11 is 3.31. The second-order valence-corrected chi connectivity index (χ2v) is 11.7. The number of fused-ring (bicyclic) bond motifs is 3. The van der Waals surface area contributed by atoms with Gasteiger partial charge in [-0.15, -0.1) is 0 Å². The summed E-state index contributed by atoms with van der Waals surface area (Å²) in [4.78, 5) is 20.2. The number of anilines is 2. The van der Waals surface area contributed by atoms with Crippen molar-refractivity contribution in [3.8, 4) is 0 Å². The zero-order chi connectivity index (χ0) is 27.1. The van der Waals surface area contributed by atoms with Crippen LogP contribution in [0.5, 0.6) is 0 Å². The number of aromatic nitrogens is 1. The highest BCUT2D eigenvalue weighted by atomic mass is 79.9. The van der Waals surface area contributed by atoms with Crippen LogP contribution in [-0.4, -0.2) is 56.6 Å². The van der Waals surface area contributed by atoms with Crippen molar-refractivity contribution >= 4 is 43.6 Å². The van der Waals surface area contributed by atoms with Gasteiger partial charge in [-0.3, -0.25) is 4.31 Å². The van der Waals surface area contributed by atoms with Crippen LogP contribution in [-0.2, 0) is 27.5 Å². The van der Waals surface area contributed by atoms with E-state index in [0.29, 0.717) is 29.4 Å². The molecule has 0 aliphatic carbocycles. The largest absolute Gasteiger partial charge is 0.445 e. The molecule has 2 aliphatic rings. The minimum atomic E-state index is -4.70. The summed E-state index contributed by atoms with van der Waals surface area (Å²) in [6, 6.07) is 13.9. The van der Waals surface area contributed by atoms with Gasteiger partial charge in [0.15, 0.2) is 5.82 Å². The van der Waals surface area contributed by atoms with Crippen molar-refractivity contribution in [1.82, 2.24) is 9.88 Å². The molecule has 2 aromatic carbocycles. The van der Waals surface area contributed by atoms with E-state index in [1.165, 1.54) is 11.1 Å². The van der Waals surface area contributed by atoms with Crippen LogP contribution in [0.4, 0.5) is 29.5 Å². The summed E-state index contributed by atoms with van der Waals surface area (Å²) in [5, 5.41) is 0. The summed E-state index contributed by atoms with van der Waals surface area (Å²) in [6.45, 7) is 0.872. The second kappa shape index (κ2) is 10.1. The molecule has 1 fully saturated rings. The molecule has 0 N–H and O–H groups in total. The van der Waals surface area contributed by atoms with Crippen molar-refractivity contribution in [2.75, 3.05) is 35.4 Å². The summed E-state index contributed by atoms with van der Waals surface area (Å²) in [7, 11) is -4.40. The maximum atomic E-state index is 13.7. The standard InChI is InChI=1S/C25H22BrF3N4O4S/c26-19-12-22-23(30-13-19)32-10-9-31(24(34)37-16-17-5-2-1-3-6-17)14-20(32)15-33(22)38(35,36)21-8-4-7-18(11-21)25(27,28)29/h1-8,11-13,20H,9-10,14-16H2. The lowest BCUT2D eigenvalue weighted by Gasteiger charge is -2.47. The summed E-state index contributed by atoms with van der Waals surface area (Å²) < 4.78 is 74.4. The summed E-state index contributed by atoms with van der Waals surface area (Å²) in [6.07, 6.45) is -3.71. The van der Waals surface area contributed by atoms with Crippen molar-refractivity contribution in [2.24, 2.45) is 0 Å². The van der Waals surface area contributed by atoms with E-state index < -0.39 is 38.8 Å². The highest BCUT2D eigenvalue weighted by Crippen LogP contribution is 2.40. The molecule has 0 radical (unpaired) electrons. The van der Waals surface area contributed by atoms with Gasteiger partial charge in [0.05, 0.1) is 28.7 Å². The van der Waals surface area contributed by atoms with E-state index in [-0.39, 0.29) is 25.4 Å². The lowest BCUT2D eigenvalue weighted by atomic mass is 10.1. The van der Waals surface area contributed by atoms with Crippen molar-refractivity contribution in [2.45, 2.75) is 23.7 Å². The second-order valence-electron chi connectivity index (χ2n) is 8.89. The maximum absolute atomic E-state index is 13.7. The molecular formula is C25H22BrF3N4O4S. The average molecular weight is 611 g/mol. The van der Waals surface area contributed by atoms with E-state index >= 15 is 0 Å². The van der Waals surface area contributed by atoms with Gasteiger partial charge in [-0.25, -0.2) is 18.2 Å². The number of piperazine rings is 1. The Labute approximate surface area is 225 Å². The third-order valence-electron chi connectivity index (χ3n) is 6.43. The molecule has 1 unspecified atom stereocenters. The number of pyridine rings is 1. The Hall–Kier alpha value is -3.32. The fraction of sp³-hybridized carbons (Fsp3) is 0.280. The van der Waals surface area contributed by atoms with Crippen molar-refractivity contribution in [1.29, 1.82) is 0 Å². The molecule has 0 saturated carbocycles. The molecule has 1 saturated heterocycles. The number of hydrogen-bond acceptors (Lipinski definition) is 6. The van der Waals surface area contributed by atoms with Crippen LogP contribution in [0.15, 0.2) is 76.2 Å². The molecule has 8 nitrogen and oxygen atoms in total. The highest BCUT2D eigenvalue weighted by Gasteiger charge is 2.42. The van der Waals surface area contributed by atoms with Crippen LogP contribution in [0.2, 0.25) is 0 Å². The van der Waals surface area contributed by atoms with E-state index in [2.05, 4.69) is 20.9 Å². The fourth-order valence-corrected chi connectivity index (χ4v) is 6.43. The number of carbonyl (C=O) groups is 1. The van der Waals surface area contributed by atoms with Crippen molar-refractivity contribution < 1.29 is 31.1 Å². The van der Waals surface area contributed by atoms with E-state index in [9.17, 15) is 26.4 Å². The smallest absolute Gasteiger partial charge is 0.416 e. The number of nitrogens with zero attached hydrogens (tertiary/aromatic N) is 4. The first-order valence-corrected chi connectivity index (χ1v) is 13.8. The van der Waals surface area contributed by atoms with Crippen LogP contribution in [0.25, 0.3) is 0 Å². The lowest BCUT2D eigenvalue weighted by molar-refractivity contribution is -0.137. The van der Waals surface area contributed by atoms with Gasteiger partial charge in [0, 0.05) is 30.3 Å². The first kappa shape index (κ1) is 26.3. The Kier molecular flexibility index (Phi) is 6.99. The Balaban J connectivity index is 1.42. The topological polar surface area (TPSA) is 83.1 Å². The molecule has 3 heterocycles. The molecule has 13 heteroatoms. The number of sulfonamides is 1. The fourth-order valence-electron chi connectivity index (χ4n) is 4.57. The molecule has 0 bridgehead atoms. The van der Waals surface area contributed by atoms with Crippen molar-refractivity contribution in [3.63, 3.8) is 0 Å². The number of halogens is 4. The first-order valence-electron chi connectivity index (χ1n) is 11.6. The molecule has 1 aromatic heterocycles. The number of carbonyl (C=O) groups excluding carboxylic acids is 1. The minimum Gasteiger partial charge on any atom is -0.445 e. The predicted octanol–water partition coefficient (Wildman–Crippen LogP) is 4.90. The van der Waals surface area contributed by atoms with Gasteiger partial charge < -0.3 is 14.5 Å². The molecule has 3 aromatic rings. The number of hydrogen-bond donors (Lipinski definition) is 0. The van der Waals surface area contributed by atoms with Gasteiger partial charge in [0.25, 0.3) is 10.0 Å². The third-order valence-corrected chi connectivity index (χ3v) is 8.64. The Morgan fingerprint density at radius 3 is 2.55 bits per heavy atom. The van der Waals surface area contributed by atoms with Gasteiger partial charge in [0.2, 0.25) is 0 Å². The minimum absolute atomic E-state index is 0.0911. The van der Waals surface area contributed by atoms with Crippen LogP contribution in [0.1, 0.15) is 11.1 Å². The molecule has 1 amide bonds. The number of amides is 1. The van der Waals surface area contributed by atoms with Crippen LogP contribution < -0.4 is 9.21 Å². The number of rotatable bonds is 4. The number of benzene rings is 2. The van der Waals surface area contributed by atoms with Gasteiger partial charge in [0.1, 0.15) is 6.61 Å². The van der Waals surface area contributed by atoms with E-state index in [0.717, 1.165) is 28.1 Å². The molecule has 0 spiro atoms. The van der Waals surface area contributed by atoms with Crippen LogP contribution in [0.3, 0.4) is 0 Å². The van der Waals surface area contributed by atoms with Gasteiger partial charge in [-0.05, 0) is 45.8 Å². The highest BCUT2D eigenvalue weighted by molar-refractivity contribution is 9.10. The van der Waals surface area contributed by atoms with Gasteiger partial charge in [-0.1, -0.05) is 36.4 Å². The van der Waals surface area contributed by atoms with E-state index in [1.807, 2.05) is 35.2 Å². The van der Waals surface area contributed by atoms with E-state index in [1.54, 1.807) is 6.07 Å². The summed E-state index contributed by atoms with van der Waals surface area (Å²) in [5.41, 5.74) is 0.0159. The number of alkyl halides is 3. The molecule has 1 atom stereocenters. The Bertz CT molecular complexity index is 1460. The van der Waals surface area contributed by atoms with Crippen LogP contribution >= 0.6 is 15.9 Å². The Morgan fingerprint density at radius 1 is 1.05 bits per heavy atom. The number of ether oxygens (including phenoxy) is 1. The molecule has 5 rings (SSSR count).